The third kappa shape index (κ3) is 3.25. The van der Waals surface area contributed by atoms with Gasteiger partial charge in [0.2, 0.25) is 0 Å². The maximum absolute atomic E-state index is 12.6. The number of hydrogen-bond acceptors (Lipinski definition) is 4. The van der Waals surface area contributed by atoms with Crippen molar-refractivity contribution >= 4 is 39.3 Å². The lowest BCUT2D eigenvalue weighted by atomic mass is 9.95. The van der Waals surface area contributed by atoms with Gasteiger partial charge in [0.25, 0.3) is 11.7 Å². The SMILES string of the molecule is O=C(O)CN1C(=O)C(=O)/C(=C(\O)c2ccc(Br)cc2)C1c1ccccc1. The number of aliphatic hydroxyl groups excluding tert-OH is 1. The number of nitrogens with zero attached hydrogens (tertiary/aromatic N) is 1. The molecule has 1 aliphatic heterocycles. The van der Waals surface area contributed by atoms with Crippen molar-refractivity contribution in [1.82, 2.24) is 4.90 Å². The summed E-state index contributed by atoms with van der Waals surface area (Å²) < 4.78 is 0.792. The van der Waals surface area contributed by atoms with Gasteiger partial charge in [0.15, 0.2) is 0 Å². The molecule has 0 aromatic heterocycles. The molecule has 3 rings (SSSR count). The summed E-state index contributed by atoms with van der Waals surface area (Å²) in [5.41, 5.74) is 0.791. The van der Waals surface area contributed by atoms with Gasteiger partial charge in [-0.1, -0.05) is 58.4 Å². The van der Waals surface area contributed by atoms with E-state index in [1.807, 2.05) is 0 Å². The van der Waals surface area contributed by atoms with E-state index in [4.69, 9.17) is 5.11 Å². The van der Waals surface area contributed by atoms with Crippen LogP contribution in [0.4, 0.5) is 0 Å². The zero-order chi connectivity index (χ0) is 18.8. The highest BCUT2D eigenvalue weighted by Crippen LogP contribution is 2.39. The van der Waals surface area contributed by atoms with E-state index in [0.717, 1.165) is 9.37 Å². The first kappa shape index (κ1) is 17.9. The van der Waals surface area contributed by atoms with Gasteiger partial charge in [-0.05, 0) is 17.7 Å². The van der Waals surface area contributed by atoms with Crippen molar-refractivity contribution < 1.29 is 24.6 Å². The molecule has 0 bridgehead atoms. The van der Waals surface area contributed by atoms with Gasteiger partial charge in [0.1, 0.15) is 12.3 Å². The van der Waals surface area contributed by atoms with Crippen molar-refractivity contribution in [3.63, 3.8) is 0 Å². The van der Waals surface area contributed by atoms with Gasteiger partial charge < -0.3 is 15.1 Å². The van der Waals surface area contributed by atoms with Gasteiger partial charge in [0.05, 0.1) is 11.6 Å². The summed E-state index contributed by atoms with van der Waals surface area (Å²) in [5, 5.41) is 19.8. The number of hydrogen-bond donors (Lipinski definition) is 2. The van der Waals surface area contributed by atoms with Gasteiger partial charge in [-0.2, -0.15) is 0 Å². The Bertz CT molecular complexity index is 905. The lowest BCUT2D eigenvalue weighted by molar-refractivity contribution is -0.146. The van der Waals surface area contributed by atoms with Gasteiger partial charge in [0, 0.05) is 10.0 Å². The monoisotopic (exact) mass is 415 g/mol. The second kappa shape index (κ2) is 7.13. The molecule has 2 aromatic rings. The molecule has 1 saturated heterocycles. The lowest BCUT2D eigenvalue weighted by Gasteiger charge is -2.23. The number of amides is 1. The Hall–Kier alpha value is -2.93. The van der Waals surface area contributed by atoms with E-state index >= 15 is 0 Å². The molecular weight excluding hydrogens is 402 g/mol. The Labute approximate surface area is 157 Å². The number of likely N-dealkylation sites (tertiary alicyclic amines) is 1. The number of rotatable bonds is 4. The highest BCUT2D eigenvalue weighted by atomic mass is 79.9. The van der Waals surface area contributed by atoms with Crippen LogP contribution in [0, 0.1) is 0 Å². The van der Waals surface area contributed by atoms with E-state index in [9.17, 15) is 19.5 Å². The molecule has 1 aliphatic rings. The van der Waals surface area contributed by atoms with E-state index in [1.54, 1.807) is 54.6 Å². The van der Waals surface area contributed by atoms with E-state index in [-0.39, 0.29) is 11.3 Å². The number of carboxylic acids is 1. The normalized spacial score (nSPS) is 19.0. The Morgan fingerprint density at radius 1 is 1.00 bits per heavy atom. The Morgan fingerprint density at radius 2 is 1.62 bits per heavy atom. The molecule has 1 heterocycles. The topological polar surface area (TPSA) is 94.9 Å². The first-order valence-corrected chi connectivity index (χ1v) is 8.50. The van der Waals surface area contributed by atoms with Gasteiger partial charge in [-0.25, -0.2) is 0 Å². The van der Waals surface area contributed by atoms with Crippen molar-refractivity contribution in [2.45, 2.75) is 6.04 Å². The summed E-state index contributed by atoms with van der Waals surface area (Å²) in [4.78, 5) is 37.1. The maximum Gasteiger partial charge on any atom is 0.323 e. The van der Waals surface area contributed by atoms with Crippen molar-refractivity contribution in [2.75, 3.05) is 6.54 Å². The lowest BCUT2D eigenvalue weighted by Crippen LogP contribution is -2.34. The molecular formula is C19H14BrNO5. The van der Waals surface area contributed by atoms with Crippen LogP contribution in [0.3, 0.4) is 0 Å². The molecule has 0 saturated carbocycles. The number of aliphatic carboxylic acids is 1. The Balaban J connectivity index is 2.18. The van der Waals surface area contributed by atoms with Crippen LogP contribution < -0.4 is 0 Å². The first-order valence-electron chi connectivity index (χ1n) is 7.71. The zero-order valence-corrected chi connectivity index (χ0v) is 15.0. The molecule has 1 fully saturated rings. The molecule has 1 amide bonds. The van der Waals surface area contributed by atoms with Crippen molar-refractivity contribution in [3.8, 4) is 0 Å². The predicted octanol–water partition coefficient (Wildman–Crippen LogP) is 2.96. The van der Waals surface area contributed by atoms with Crippen molar-refractivity contribution in [1.29, 1.82) is 0 Å². The molecule has 26 heavy (non-hydrogen) atoms. The second-order valence-electron chi connectivity index (χ2n) is 5.74. The maximum atomic E-state index is 12.6. The zero-order valence-electron chi connectivity index (χ0n) is 13.4. The minimum absolute atomic E-state index is 0.121. The molecule has 2 aromatic carbocycles. The molecule has 0 aliphatic carbocycles. The first-order chi connectivity index (χ1) is 12.4. The summed E-state index contributed by atoms with van der Waals surface area (Å²) >= 11 is 3.29. The molecule has 132 valence electrons. The number of aliphatic hydroxyl groups is 1. The number of carbonyl (C=O) groups is 3. The van der Waals surface area contributed by atoms with Crippen LogP contribution in [0.25, 0.3) is 5.76 Å². The van der Waals surface area contributed by atoms with E-state index in [1.165, 1.54) is 0 Å². The fourth-order valence-electron chi connectivity index (χ4n) is 2.93. The average molecular weight is 416 g/mol. The van der Waals surface area contributed by atoms with Crippen LogP contribution in [0.5, 0.6) is 0 Å². The number of ketones is 1. The van der Waals surface area contributed by atoms with Crippen LogP contribution >= 0.6 is 15.9 Å². The molecule has 1 atom stereocenters. The van der Waals surface area contributed by atoms with Crippen molar-refractivity contribution in [2.24, 2.45) is 0 Å². The predicted molar refractivity (Wildman–Crippen MR) is 97.2 cm³/mol. The third-order valence-electron chi connectivity index (χ3n) is 4.08. The number of carbonyl (C=O) groups excluding carboxylic acids is 2. The van der Waals surface area contributed by atoms with Crippen LogP contribution in [0.1, 0.15) is 17.2 Å². The second-order valence-corrected chi connectivity index (χ2v) is 6.65. The Morgan fingerprint density at radius 3 is 2.19 bits per heavy atom. The summed E-state index contributed by atoms with van der Waals surface area (Å²) in [6, 6.07) is 14.2. The number of Topliss-reactive ketones (excluding diaryl/α,β-unsaturated/α-hetero) is 1. The highest BCUT2D eigenvalue weighted by molar-refractivity contribution is 9.10. The van der Waals surface area contributed by atoms with Crippen LogP contribution in [-0.4, -0.2) is 39.3 Å². The standard InChI is InChI=1S/C19H14BrNO5/c20-13-8-6-12(7-9-13)17(24)15-16(11-4-2-1-3-5-11)21(10-14(22)23)19(26)18(15)25/h1-9,16,24H,10H2,(H,22,23)/b17-15-. The van der Waals surface area contributed by atoms with E-state index in [2.05, 4.69) is 15.9 Å². The minimum Gasteiger partial charge on any atom is -0.507 e. The summed E-state index contributed by atoms with van der Waals surface area (Å²) in [6.07, 6.45) is 0. The van der Waals surface area contributed by atoms with E-state index in [0.29, 0.717) is 11.1 Å². The fraction of sp³-hybridized carbons (Fsp3) is 0.105. The minimum atomic E-state index is -1.24. The number of halogens is 1. The number of carboxylic acid groups (broad SMARTS) is 1. The highest BCUT2D eigenvalue weighted by Gasteiger charge is 2.46. The van der Waals surface area contributed by atoms with Gasteiger partial charge in [-0.15, -0.1) is 0 Å². The third-order valence-corrected chi connectivity index (χ3v) is 4.61. The number of benzene rings is 2. The largest absolute Gasteiger partial charge is 0.507 e. The molecule has 0 spiro atoms. The molecule has 7 heteroatoms. The smallest absolute Gasteiger partial charge is 0.323 e. The molecule has 2 N–H and O–H groups in total. The fourth-order valence-corrected chi connectivity index (χ4v) is 3.20. The average Bonchev–Trinajstić information content (AvgIpc) is 2.87. The molecule has 6 nitrogen and oxygen atoms in total. The van der Waals surface area contributed by atoms with Crippen LogP contribution in [-0.2, 0) is 14.4 Å². The molecule has 0 radical (unpaired) electrons. The Kier molecular flexibility index (Phi) is 4.90. The summed E-state index contributed by atoms with van der Waals surface area (Å²) in [7, 11) is 0. The van der Waals surface area contributed by atoms with Gasteiger partial charge in [-0.3, -0.25) is 14.4 Å². The van der Waals surface area contributed by atoms with Crippen LogP contribution in [0.15, 0.2) is 64.6 Å². The van der Waals surface area contributed by atoms with Crippen molar-refractivity contribution in [3.05, 3.63) is 75.8 Å². The van der Waals surface area contributed by atoms with E-state index < -0.39 is 30.2 Å². The van der Waals surface area contributed by atoms with Crippen LogP contribution in [0.2, 0.25) is 0 Å². The summed E-state index contributed by atoms with van der Waals surface area (Å²) in [5.74, 6) is -3.42. The quantitative estimate of drug-likeness (QED) is 0.454. The summed E-state index contributed by atoms with van der Waals surface area (Å²) in [6.45, 7) is -0.638. The molecule has 1 unspecified atom stereocenters. The van der Waals surface area contributed by atoms with Gasteiger partial charge >= 0.3 is 5.97 Å².